The Labute approximate surface area is 243 Å². The molecule has 11 heteroatoms. The maximum Gasteiger partial charge on any atom is 0.301 e. The number of hydrogen-bond acceptors (Lipinski definition) is 9. The van der Waals surface area contributed by atoms with Gasteiger partial charge in [0.2, 0.25) is 0 Å². The molecule has 0 saturated carbocycles. The summed E-state index contributed by atoms with van der Waals surface area (Å²) in [5.41, 5.74) is 2.59. The van der Waals surface area contributed by atoms with E-state index in [1.54, 1.807) is 36.4 Å². The zero-order chi connectivity index (χ0) is 29.4. The molecule has 0 bridgehead atoms. The van der Waals surface area contributed by atoms with E-state index in [4.69, 9.17) is 4.74 Å². The van der Waals surface area contributed by atoms with Crippen molar-refractivity contribution in [1.29, 1.82) is 0 Å². The van der Waals surface area contributed by atoms with Crippen molar-refractivity contribution in [3.63, 3.8) is 0 Å². The highest BCUT2D eigenvalue weighted by Crippen LogP contribution is 2.44. The molecule has 1 saturated heterocycles. The van der Waals surface area contributed by atoms with Crippen molar-refractivity contribution >= 4 is 49.8 Å². The van der Waals surface area contributed by atoms with E-state index < -0.39 is 22.7 Å². The average molecular weight is 579 g/mol. The number of carbonyl (C=O) groups is 2. The van der Waals surface area contributed by atoms with Gasteiger partial charge in [-0.3, -0.25) is 29.6 Å². The van der Waals surface area contributed by atoms with E-state index in [-0.39, 0.29) is 22.2 Å². The van der Waals surface area contributed by atoms with E-state index in [9.17, 15) is 24.8 Å². The van der Waals surface area contributed by atoms with Crippen molar-refractivity contribution in [2.75, 3.05) is 4.90 Å². The van der Waals surface area contributed by atoms with E-state index >= 15 is 0 Å². The molecule has 5 aromatic rings. The van der Waals surface area contributed by atoms with Crippen LogP contribution in [0.15, 0.2) is 96.7 Å². The fourth-order valence-electron chi connectivity index (χ4n) is 4.81. The number of ether oxygens (including phenoxy) is 1. The molecule has 2 aromatic heterocycles. The minimum atomic E-state index is -1.07. The number of ketones is 1. The lowest BCUT2D eigenvalue weighted by Crippen LogP contribution is -2.29. The van der Waals surface area contributed by atoms with Gasteiger partial charge in [0.15, 0.2) is 5.13 Å². The first kappa shape index (κ1) is 26.8. The molecule has 1 aliphatic rings. The number of hydrogen-bond donors (Lipinski definition) is 1. The fourth-order valence-corrected chi connectivity index (χ4v) is 5.84. The predicted octanol–water partition coefficient (Wildman–Crippen LogP) is 6.11. The highest BCUT2D eigenvalue weighted by atomic mass is 32.1. The Morgan fingerprint density at radius 1 is 1.05 bits per heavy atom. The van der Waals surface area contributed by atoms with Gasteiger partial charge < -0.3 is 9.84 Å². The third kappa shape index (κ3) is 4.86. The molecule has 1 N–H and O–H groups in total. The Morgan fingerprint density at radius 3 is 2.55 bits per heavy atom. The van der Waals surface area contributed by atoms with E-state index in [0.29, 0.717) is 33.8 Å². The van der Waals surface area contributed by atoms with E-state index in [1.807, 2.05) is 37.3 Å². The van der Waals surface area contributed by atoms with Crippen LogP contribution >= 0.6 is 11.3 Å². The number of nitrogens with zero attached hydrogens (tertiary/aromatic N) is 4. The average Bonchev–Trinajstić information content (AvgIpc) is 3.54. The Kier molecular flexibility index (Phi) is 6.93. The molecule has 0 radical (unpaired) electrons. The molecule has 1 amide bonds. The Morgan fingerprint density at radius 2 is 1.83 bits per heavy atom. The van der Waals surface area contributed by atoms with Gasteiger partial charge in [0, 0.05) is 23.9 Å². The molecule has 3 heterocycles. The number of nitro groups is 1. The van der Waals surface area contributed by atoms with Crippen molar-refractivity contribution < 1.29 is 24.4 Å². The van der Waals surface area contributed by atoms with Gasteiger partial charge >= 0.3 is 5.91 Å². The van der Waals surface area contributed by atoms with Crippen LogP contribution in [0.2, 0.25) is 0 Å². The number of pyridine rings is 1. The van der Waals surface area contributed by atoms with Gasteiger partial charge in [-0.05, 0) is 54.4 Å². The number of non-ortho nitro benzene ring substituents is 1. The number of aliphatic hydroxyl groups is 1. The lowest BCUT2D eigenvalue weighted by molar-refractivity contribution is -0.384. The molecule has 10 nitrogen and oxygen atoms in total. The second-order valence-electron chi connectivity index (χ2n) is 9.58. The topological polar surface area (TPSA) is 136 Å². The zero-order valence-electron chi connectivity index (χ0n) is 22.1. The Bertz CT molecular complexity index is 1890. The minimum Gasteiger partial charge on any atom is -0.507 e. The van der Waals surface area contributed by atoms with Crippen molar-refractivity contribution in [3.05, 3.63) is 129 Å². The lowest BCUT2D eigenvalue weighted by Gasteiger charge is -2.22. The van der Waals surface area contributed by atoms with E-state index in [2.05, 4.69) is 9.97 Å². The normalized spacial score (nSPS) is 16.2. The monoisotopic (exact) mass is 578 g/mol. The molecule has 1 atom stereocenters. The maximum absolute atomic E-state index is 13.5. The number of aromatic nitrogens is 2. The second-order valence-corrected chi connectivity index (χ2v) is 10.6. The van der Waals surface area contributed by atoms with Crippen LogP contribution in [0.5, 0.6) is 5.75 Å². The van der Waals surface area contributed by atoms with E-state index in [1.165, 1.54) is 29.3 Å². The quantitative estimate of drug-likeness (QED) is 0.0803. The maximum atomic E-state index is 13.5. The summed E-state index contributed by atoms with van der Waals surface area (Å²) in [6.45, 7) is 2.19. The summed E-state index contributed by atoms with van der Waals surface area (Å²) < 4.78 is 6.43. The molecule has 1 unspecified atom stereocenters. The summed E-state index contributed by atoms with van der Waals surface area (Å²) in [5, 5.41) is 22.9. The highest BCUT2D eigenvalue weighted by molar-refractivity contribution is 7.22. The van der Waals surface area contributed by atoms with Crippen molar-refractivity contribution in [2.24, 2.45) is 0 Å². The van der Waals surface area contributed by atoms with E-state index in [0.717, 1.165) is 22.5 Å². The largest absolute Gasteiger partial charge is 0.507 e. The number of fused-ring (bicyclic) bond motifs is 1. The third-order valence-corrected chi connectivity index (χ3v) is 7.89. The van der Waals surface area contributed by atoms with Crippen LogP contribution in [-0.2, 0) is 16.2 Å². The van der Waals surface area contributed by atoms with Gasteiger partial charge in [0.1, 0.15) is 24.2 Å². The van der Waals surface area contributed by atoms with Crippen LogP contribution < -0.4 is 9.64 Å². The molecule has 42 heavy (non-hydrogen) atoms. The molecular formula is C31H22N4O6S. The summed E-state index contributed by atoms with van der Waals surface area (Å²) in [6, 6.07) is 22.9. The SMILES string of the molecule is Cc1cc(/C(O)=C2\C(=O)C(=O)N(c3nc4ccc([N+](=O)[O-])cc4s3)C2c2ccccn2)ccc1OCc1ccccc1. The lowest BCUT2D eigenvalue weighted by atomic mass is 9.97. The Balaban J connectivity index is 1.41. The number of Topliss-reactive ketones (excluding diaryl/α,β-unsaturated/α-hetero) is 1. The number of carbonyl (C=O) groups excluding carboxylic acids is 2. The molecule has 0 aliphatic carbocycles. The van der Waals surface area contributed by atoms with Crippen molar-refractivity contribution in [1.82, 2.24) is 9.97 Å². The molecule has 208 valence electrons. The summed E-state index contributed by atoms with van der Waals surface area (Å²) in [5.74, 6) is -1.53. The van der Waals surface area contributed by atoms with Gasteiger partial charge in [-0.25, -0.2) is 4.98 Å². The zero-order valence-corrected chi connectivity index (χ0v) is 22.9. The van der Waals surface area contributed by atoms with Gasteiger partial charge in [0.05, 0.1) is 26.4 Å². The summed E-state index contributed by atoms with van der Waals surface area (Å²) >= 11 is 1.04. The van der Waals surface area contributed by atoms with Crippen molar-refractivity contribution in [3.8, 4) is 5.75 Å². The molecule has 0 spiro atoms. The van der Waals surface area contributed by atoms with Crippen LogP contribution in [0.25, 0.3) is 16.0 Å². The van der Waals surface area contributed by atoms with Crippen LogP contribution in [0.3, 0.4) is 0 Å². The van der Waals surface area contributed by atoms with Crippen LogP contribution in [0.1, 0.15) is 28.4 Å². The molecule has 3 aromatic carbocycles. The smallest absolute Gasteiger partial charge is 0.301 e. The summed E-state index contributed by atoms with van der Waals surface area (Å²) in [4.78, 5) is 47.8. The number of aryl methyl sites for hydroxylation is 1. The summed E-state index contributed by atoms with van der Waals surface area (Å²) in [6.07, 6.45) is 1.53. The standard InChI is InChI=1S/C31H22N4O6S/c1-18-15-20(10-13-24(18)41-17-19-7-3-2-4-8-19)28(36)26-27(23-9-5-6-14-32-23)34(30(38)29(26)37)31-33-22-12-11-21(35(39)40)16-25(22)42-31/h2-16,27,36H,17H2,1H3/b28-26+. The second kappa shape index (κ2) is 10.9. The first-order valence-corrected chi connectivity index (χ1v) is 13.7. The molecule has 1 fully saturated rings. The number of amides is 1. The fraction of sp³-hybridized carbons (Fsp3) is 0.0968. The molecular weight excluding hydrogens is 556 g/mol. The summed E-state index contributed by atoms with van der Waals surface area (Å²) in [7, 11) is 0. The van der Waals surface area contributed by atoms with Crippen molar-refractivity contribution in [2.45, 2.75) is 19.6 Å². The number of benzene rings is 3. The van der Waals surface area contributed by atoms with Crippen LogP contribution in [-0.4, -0.2) is 31.7 Å². The van der Waals surface area contributed by atoms with Gasteiger partial charge in [-0.15, -0.1) is 0 Å². The molecule has 6 rings (SSSR count). The Hall–Kier alpha value is -5.42. The number of thiazole rings is 1. The molecule has 1 aliphatic heterocycles. The number of rotatable bonds is 7. The van der Waals surface area contributed by atoms with Crippen LogP contribution in [0.4, 0.5) is 10.8 Å². The predicted molar refractivity (Wildman–Crippen MR) is 157 cm³/mol. The van der Waals surface area contributed by atoms with Gasteiger partial charge in [-0.2, -0.15) is 0 Å². The number of nitro benzene ring substituents is 1. The van der Waals surface area contributed by atoms with Gasteiger partial charge in [-0.1, -0.05) is 47.7 Å². The first-order valence-electron chi connectivity index (χ1n) is 12.9. The van der Waals surface area contributed by atoms with Gasteiger partial charge in [0.25, 0.3) is 11.5 Å². The first-order chi connectivity index (χ1) is 20.3. The minimum absolute atomic E-state index is 0.118. The van der Waals surface area contributed by atoms with Crippen LogP contribution in [0, 0.1) is 17.0 Å². The third-order valence-electron chi connectivity index (χ3n) is 6.88. The number of anilines is 1. The highest BCUT2D eigenvalue weighted by Gasteiger charge is 2.49. The number of aliphatic hydroxyl groups excluding tert-OH is 1.